The summed E-state index contributed by atoms with van der Waals surface area (Å²) in [6, 6.07) is 17.9. The monoisotopic (exact) mass is 351 g/mol. The number of aliphatic hydroxyl groups is 1. The first-order valence-electron chi connectivity index (χ1n) is 7.98. The average molecular weight is 352 g/mol. The minimum Gasteiger partial charge on any atom is -0.386 e. The Kier molecular flexibility index (Phi) is 6.91. The molecule has 2 aromatic carbocycles. The normalized spacial score (nSPS) is 18.0. The predicted octanol–water partition coefficient (Wildman–Crippen LogP) is 5.02. The van der Waals surface area contributed by atoms with Crippen LogP contribution in [0.25, 0.3) is 0 Å². The molecule has 0 aliphatic carbocycles. The van der Waals surface area contributed by atoms with Crippen LogP contribution in [0.1, 0.15) is 42.5 Å². The molecule has 2 aromatic rings. The number of piperidine rings is 1. The lowest BCUT2D eigenvalue weighted by Crippen LogP contribution is -2.37. The highest BCUT2D eigenvalue weighted by atomic mass is 35.5. The fourth-order valence-electron chi connectivity index (χ4n) is 3.28. The Balaban J connectivity index is 0.00000192. The van der Waals surface area contributed by atoms with E-state index in [1.54, 1.807) is 0 Å². The zero-order chi connectivity index (χ0) is 15.4. The number of likely N-dealkylation sites (tertiary alicyclic amines) is 1. The maximum absolute atomic E-state index is 11.0. The van der Waals surface area contributed by atoms with Crippen molar-refractivity contribution in [1.29, 1.82) is 0 Å². The standard InChI is InChI=1S/C19H22ClNO.ClH/c20-17-11-9-16(10-12-17)19(22)18(15-7-3-1-4-8-15)21-13-5-2-6-14-21;/h1,3-4,7-12,18-19,22H,2,5-6,13-14H2;1H. The highest BCUT2D eigenvalue weighted by molar-refractivity contribution is 6.30. The van der Waals surface area contributed by atoms with E-state index in [1.807, 2.05) is 42.5 Å². The number of benzene rings is 2. The quantitative estimate of drug-likeness (QED) is 0.835. The van der Waals surface area contributed by atoms with Crippen LogP contribution in [0.4, 0.5) is 0 Å². The number of halogens is 2. The van der Waals surface area contributed by atoms with Gasteiger partial charge in [0.05, 0.1) is 12.1 Å². The molecule has 0 radical (unpaired) electrons. The minimum absolute atomic E-state index is 0. The van der Waals surface area contributed by atoms with E-state index >= 15 is 0 Å². The van der Waals surface area contributed by atoms with Crippen molar-refractivity contribution in [3.63, 3.8) is 0 Å². The maximum atomic E-state index is 11.0. The zero-order valence-corrected chi connectivity index (χ0v) is 14.6. The van der Waals surface area contributed by atoms with Gasteiger partial charge in [-0.2, -0.15) is 0 Å². The fraction of sp³-hybridized carbons (Fsp3) is 0.368. The van der Waals surface area contributed by atoms with Gasteiger partial charge in [0.15, 0.2) is 0 Å². The van der Waals surface area contributed by atoms with Crippen LogP contribution in [0.2, 0.25) is 5.02 Å². The van der Waals surface area contributed by atoms with Gasteiger partial charge in [-0.1, -0.05) is 60.5 Å². The third kappa shape index (κ3) is 4.48. The van der Waals surface area contributed by atoms with Crippen LogP contribution in [-0.4, -0.2) is 23.1 Å². The predicted molar refractivity (Wildman–Crippen MR) is 98.3 cm³/mol. The summed E-state index contributed by atoms with van der Waals surface area (Å²) in [7, 11) is 0. The summed E-state index contributed by atoms with van der Waals surface area (Å²) in [5.74, 6) is 0. The summed E-state index contributed by atoms with van der Waals surface area (Å²) in [4.78, 5) is 2.41. The maximum Gasteiger partial charge on any atom is 0.0986 e. The summed E-state index contributed by atoms with van der Waals surface area (Å²) in [5.41, 5.74) is 2.09. The lowest BCUT2D eigenvalue weighted by molar-refractivity contribution is 0.0362. The summed E-state index contributed by atoms with van der Waals surface area (Å²) in [5, 5.41) is 11.7. The number of aliphatic hydroxyl groups excluding tert-OH is 1. The van der Waals surface area contributed by atoms with Crippen LogP contribution < -0.4 is 0 Å². The largest absolute Gasteiger partial charge is 0.386 e. The molecule has 3 rings (SSSR count). The van der Waals surface area contributed by atoms with Gasteiger partial charge in [-0.25, -0.2) is 0 Å². The third-order valence-electron chi connectivity index (χ3n) is 4.44. The van der Waals surface area contributed by atoms with Crippen LogP contribution >= 0.6 is 24.0 Å². The Bertz CT molecular complexity index is 582. The molecule has 0 amide bonds. The van der Waals surface area contributed by atoms with Crippen LogP contribution in [-0.2, 0) is 0 Å². The second kappa shape index (κ2) is 8.70. The Morgan fingerprint density at radius 3 is 2.04 bits per heavy atom. The second-order valence-corrected chi connectivity index (χ2v) is 6.38. The average Bonchev–Trinajstić information content (AvgIpc) is 2.57. The molecule has 0 aromatic heterocycles. The highest BCUT2D eigenvalue weighted by Gasteiger charge is 2.29. The van der Waals surface area contributed by atoms with Gasteiger partial charge in [-0.3, -0.25) is 4.90 Å². The van der Waals surface area contributed by atoms with Crippen molar-refractivity contribution in [2.45, 2.75) is 31.4 Å². The Hall–Kier alpha value is -1.06. The van der Waals surface area contributed by atoms with Crippen molar-refractivity contribution in [3.8, 4) is 0 Å². The van der Waals surface area contributed by atoms with Crippen LogP contribution in [0.15, 0.2) is 54.6 Å². The second-order valence-electron chi connectivity index (χ2n) is 5.95. The van der Waals surface area contributed by atoms with E-state index < -0.39 is 6.10 Å². The van der Waals surface area contributed by atoms with Crippen LogP contribution in [0.5, 0.6) is 0 Å². The van der Waals surface area contributed by atoms with E-state index in [9.17, 15) is 5.11 Å². The molecule has 0 bridgehead atoms. The smallest absolute Gasteiger partial charge is 0.0986 e. The van der Waals surface area contributed by atoms with Gasteiger partial charge in [0.2, 0.25) is 0 Å². The Morgan fingerprint density at radius 2 is 1.43 bits per heavy atom. The third-order valence-corrected chi connectivity index (χ3v) is 4.69. The first-order chi connectivity index (χ1) is 10.8. The highest BCUT2D eigenvalue weighted by Crippen LogP contribution is 2.36. The number of nitrogens with zero attached hydrogens (tertiary/aromatic N) is 1. The van der Waals surface area contributed by atoms with Gasteiger partial charge in [0.25, 0.3) is 0 Å². The van der Waals surface area contributed by atoms with Crippen molar-refractivity contribution < 1.29 is 5.11 Å². The van der Waals surface area contributed by atoms with E-state index in [1.165, 1.54) is 24.8 Å². The molecule has 2 atom stereocenters. The van der Waals surface area contributed by atoms with E-state index in [2.05, 4.69) is 17.0 Å². The SMILES string of the molecule is Cl.OC(c1ccc(Cl)cc1)C(c1ccccc1)N1CCCCC1. The van der Waals surface area contributed by atoms with Gasteiger partial charge in [0, 0.05) is 5.02 Å². The van der Waals surface area contributed by atoms with Crippen LogP contribution in [0.3, 0.4) is 0 Å². The topological polar surface area (TPSA) is 23.5 Å². The molecule has 1 saturated heterocycles. The van der Waals surface area contributed by atoms with Gasteiger partial charge in [-0.05, 0) is 49.2 Å². The summed E-state index contributed by atoms with van der Waals surface area (Å²) < 4.78 is 0. The van der Waals surface area contributed by atoms with Gasteiger partial charge >= 0.3 is 0 Å². The molecular formula is C19H23Cl2NO. The Morgan fingerprint density at radius 1 is 0.826 bits per heavy atom. The molecule has 1 aliphatic rings. The first kappa shape index (κ1) is 18.3. The Labute approximate surface area is 149 Å². The van der Waals surface area contributed by atoms with E-state index in [0.29, 0.717) is 5.02 Å². The van der Waals surface area contributed by atoms with Crippen molar-refractivity contribution in [2.75, 3.05) is 13.1 Å². The molecule has 0 spiro atoms. The summed E-state index contributed by atoms with van der Waals surface area (Å²) in [6.07, 6.45) is 3.15. The fourth-order valence-corrected chi connectivity index (χ4v) is 3.41. The van der Waals surface area contributed by atoms with E-state index in [-0.39, 0.29) is 18.4 Å². The van der Waals surface area contributed by atoms with Crippen molar-refractivity contribution in [2.24, 2.45) is 0 Å². The first-order valence-corrected chi connectivity index (χ1v) is 8.36. The lowest BCUT2D eigenvalue weighted by atomic mass is 9.93. The molecule has 1 heterocycles. The van der Waals surface area contributed by atoms with Gasteiger partial charge < -0.3 is 5.11 Å². The molecule has 124 valence electrons. The lowest BCUT2D eigenvalue weighted by Gasteiger charge is -2.37. The number of rotatable bonds is 4. The van der Waals surface area contributed by atoms with E-state index in [0.717, 1.165) is 18.7 Å². The van der Waals surface area contributed by atoms with Crippen molar-refractivity contribution in [3.05, 3.63) is 70.7 Å². The molecule has 4 heteroatoms. The number of hydrogen-bond donors (Lipinski definition) is 1. The van der Waals surface area contributed by atoms with E-state index in [4.69, 9.17) is 11.6 Å². The molecule has 1 N–H and O–H groups in total. The van der Waals surface area contributed by atoms with Gasteiger partial charge in [0.1, 0.15) is 0 Å². The van der Waals surface area contributed by atoms with Crippen LogP contribution in [0, 0.1) is 0 Å². The van der Waals surface area contributed by atoms with Crippen molar-refractivity contribution >= 4 is 24.0 Å². The van der Waals surface area contributed by atoms with Gasteiger partial charge in [-0.15, -0.1) is 12.4 Å². The number of hydrogen-bond acceptors (Lipinski definition) is 2. The summed E-state index contributed by atoms with van der Waals surface area (Å²) in [6.45, 7) is 2.09. The molecule has 23 heavy (non-hydrogen) atoms. The molecular weight excluding hydrogens is 329 g/mol. The molecule has 0 saturated carbocycles. The summed E-state index contributed by atoms with van der Waals surface area (Å²) >= 11 is 5.97. The van der Waals surface area contributed by atoms with Crippen molar-refractivity contribution in [1.82, 2.24) is 4.90 Å². The molecule has 1 fully saturated rings. The molecule has 2 unspecified atom stereocenters. The minimum atomic E-state index is -0.544. The molecule has 2 nitrogen and oxygen atoms in total. The molecule has 1 aliphatic heterocycles. The zero-order valence-electron chi connectivity index (χ0n) is 13.1.